The van der Waals surface area contributed by atoms with E-state index >= 15 is 0 Å². The van der Waals surface area contributed by atoms with Gasteiger partial charge < -0.3 is 5.32 Å². The highest BCUT2D eigenvalue weighted by atomic mass is 32.1. The first-order chi connectivity index (χ1) is 11.6. The molecule has 1 amide bonds. The fraction of sp³-hybridized carbons (Fsp3) is 0.300. The number of thiazole rings is 1. The third-order valence-corrected chi connectivity index (χ3v) is 5.35. The van der Waals surface area contributed by atoms with Crippen LogP contribution in [0, 0.1) is 0 Å². The quantitative estimate of drug-likeness (QED) is 0.680. The predicted molar refractivity (Wildman–Crippen MR) is 100 cm³/mol. The average molecular weight is 338 g/mol. The van der Waals surface area contributed by atoms with E-state index in [2.05, 4.69) is 16.4 Å². The molecule has 3 nitrogen and oxygen atoms in total. The highest BCUT2D eigenvalue weighted by Crippen LogP contribution is 2.24. The molecule has 0 aliphatic carbocycles. The SMILES string of the molecule is CC(C)(C(=O)NCCCc1nc2ccccc2s1)c1ccccc1. The second-order valence-electron chi connectivity index (χ2n) is 6.43. The summed E-state index contributed by atoms with van der Waals surface area (Å²) in [5.41, 5.74) is 1.58. The number of hydrogen-bond acceptors (Lipinski definition) is 3. The number of amides is 1. The van der Waals surface area contributed by atoms with Gasteiger partial charge in [-0.3, -0.25) is 4.79 Å². The molecule has 4 heteroatoms. The number of aromatic nitrogens is 1. The molecular weight excluding hydrogens is 316 g/mol. The van der Waals surface area contributed by atoms with Gasteiger partial charge in [0, 0.05) is 13.0 Å². The molecule has 3 rings (SSSR count). The first kappa shape index (κ1) is 16.7. The van der Waals surface area contributed by atoms with Gasteiger partial charge in [0.25, 0.3) is 0 Å². The zero-order chi connectivity index (χ0) is 17.0. The van der Waals surface area contributed by atoms with Crippen LogP contribution in [0.2, 0.25) is 0 Å². The van der Waals surface area contributed by atoms with E-state index in [0.717, 1.165) is 28.9 Å². The van der Waals surface area contributed by atoms with Crippen molar-refractivity contribution in [3.05, 3.63) is 65.2 Å². The Balaban J connectivity index is 1.51. The molecule has 0 spiro atoms. The molecule has 0 unspecified atom stereocenters. The van der Waals surface area contributed by atoms with Crippen molar-refractivity contribution in [1.82, 2.24) is 10.3 Å². The lowest BCUT2D eigenvalue weighted by Crippen LogP contribution is -2.40. The maximum atomic E-state index is 12.5. The molecule has 0 saturated carbocycles. The monoisotopic (exact) mass is 338 g/mol. The van der Waals surface area contributed by atoms with E-state index < -0.39 is 5.41 Å². The van der Waals surface area contributed by atoms with Crippen molar-refractivity contribution < 1.29 is 4.79 Å². The molecule has 0 fully saturated rings. The maximum absolute atomic E-state index is 12.5. The number of benzene rings is 2. The highest BCUT2D eigenvalue weighted by molar-refractivity contribution is 7.18. The van der Waals surface area contributed by atoms with Gasteiger partial charge in [0.05, 0.1) is 20.6 Å². The first-order valence-electron chi connectivity index (χ1n) is 8.25. The Morgan fingerprint density at radius 3 is 2.54 bits per heavy atom. The summed E-state index contributed by atoms with van der Waals surface area (Å²) < 4.78 is 1.22. The van der Waals surface area contributed by atoms with Gasteiger partial charge in [-0.25, -0.2) is 4.98 Å². The smallest absolute Gasteiger partial charge is 0.230 e. The van der Waals surface area contributed by atoms with Gasteiger partial charge >= 0.3 is 0 Å². The topological polar surface area (TPSA) is 42.0 Å². The van der Waals surface area contributed by atoms with Gasteiger partial charge in [-0.15, -0.1) is 11.3 Å². The molecule has 0 atom stereocenters. The van der Waals surface area contributed by atoms with E-state index in [9.17, 15) is 4.79 Å². The Bertz CT molecular complexity index is 791. The molecule has 1 heterocycles. The van der Waals surface area contributed by atoms with E-state index in [1.165, 1.54) is 4.70 Å². The van der Waals surface area contributed by atoms with E-state index in [0.29, 0.717) is 6.54 Å². The molecule has 3 aromatic rings. The molecule has 124 valence electrons. The number of nitrogens with zero attached hydrogens (tertiary/aromatic N) is 1. The number of carbonyl (C=O) groups excluding carboxylic acids is 1. The molecular formula is C20H22N2OS. The summed E-state index contributed by atoms with van der Waals surface area (Å²) in [4.78, 5) is 17.1. The van der Waals surface area contributed by atoms with Crippen molar-refractivity contribution in [3.63, 3.8) is 0 Å². The van der Waals surface area contributed by atoms with Crippen LogP contribution in [0.15, 0.2) is 54.6 Å². The Hall–Kier alpha value is -2.20. The second-order valence-corrected chi connectivity index (χ2v) is 7.54. The number of rotatable bonds is 6. The fourth-order valence-corrected chi connectivity index (χ4v) is 3.68. The van der Waals surface area contributed by atoms with Crippen molar-refractivity contribution in [2.45, 2.75) is 32.1 Å². The van der Waals surface area contributed by atoms with Crippen LogP contribution in [0.25, 0.3) is 10.2 Å². The Morgan fingerprint density at radius 1 is 1.08 bits per heavy atom. The third kappa shape index (κ3) is 3.65. The van der Waals surface area contributed by atoms with Crippen LogP contribution in [-0.4, -0.2) is 17.4 Å². The van der Waals surface area contributed by atoms with Crippen LogP contribution < -0.4 is 5.32 Å². The van der Waals surface area contributed by atoms with Crippen LogP contribution in [0.3, 0.4) is 0 Å². The number of hydrogen-bond donors (Lipinski definition) is 1. The second kappa shape index (κ2) is 7.14. The summed E-state index contributed by atoms with van der Waals surface area (Å²) in [6.07, 6.45) is 1.79. The predicted octanol–water partition coefficient (Wildman–Crippen LogP) is 4.32. The standard InChI is InChI=1S/C20H22N2OS/c1-20(2,15-9-4-3-5-10-15)19(23)21-14-8-13-18-22-16-11-6-7-12-17(16)24-18/h3-7,9-12H,8,13-14H2,1-2H3,(H,21,23). The normalized spacial score (nSPS) is 11.6. The third-order valence-electron chi connectivity index (χ3n) is 4.25. The van der Waals surface area contributed by atoms with E-state index in [1.807, 2.05) is 62.4 Å². The molecule has 2 aromatic carbocycles. The summed E-state index contributed by atoms with van der Waals surface area (Å²) in [5, 5.41) is 4.20. The summed E-state index contributed by atoms with van der Waals surface area (Å²) in [7, 11) is 0. The van der Waals surface area contributed by atoms with Crippen molar-refractivity contribution in [1.29, 1.82) is 0 Å². The van der Waals surface area contributed by atoms with Gasteiger partial charge in [-0.2, -0.15) is 0 Å². The van der Waals surface area contributed by atoms with Crippen LogP contribution >= 0.6 is 11.3 Å². The number of carbonyl (C=O) groups is 1. The van der Waals surface area contributed by atoms with Crippen LogP contribution in [0.5, 0.6) is 0 Å². The molecule has 0 aliphatic heterocycles. The highest BCUT2D eigenvalue weighted by Gasteiger charge is 2.28. The van der Waals surface area contributed by atoms with Gasteiger partial charge in [-0.05, 0) is 38.0 Å². The molecule has 0 bridgehead atoms. The Morgan fingerprint density at radius 2 is 1.79 bits per heavy atom. The number of para-hydroxylation sites is 1. The molecule has 0 radical (unpaired) electrons. The molecule has 1 aromatic heterocycles. The summed E-state index contributed by atoms with van der Waals surface area (Å²) >= 11 is 1.73. The van der Waals surface area contributed by atoms with Crippen molar-refractivity contribution in [2.24, 2.45) is 0 Å². The Labute approximate surface area is 146 Å². The van der Waals surface area contributed by atoms with Crippen molar-refractivity contribution >= 4 is 27.5 Å². The number of fused-ring (bicyclic) bond motifs is 1. The molecule has 0 saturated heterocycles. The summed E-state index contributed by atoms with van der Waals surface area (Å²) in [5.74, 6) is 0.0676. The molecule has 24 heavy (non-hydrogen) atoms. The lowest BCUT2D eigenvalue weighted by molar-refractivity contribution is -0.125. The largest absolute Gasteiger partial charge is 0.355 e. The lowest BCUT2D eigenvalue weighted by atomic mass is 9.84. The van der Waals surface area contributed by atoms with E-state index in [4.69, 9.17) is 0 Å². The summed E-state index contributed by atoms with van der Waals surface area (Å²) in [6.45, 7) is 4.60. The zero-order valence-electron chi connectivity index (χ0n) is 14.1. The van der Waals surface area contributed by atoms with Crippen molar-refractivity contribution in [3.8, 4) is 0 Å². The lowest BCUT2D eigenvalue weighted by Gasteiger charge is -2.24. The van der Waals surface area contributed by atoms with Gasteiger partial charge in [0.15, 0.2) is 0 Å². The van der Waals surface area contributed by atoms with Crippen LogP contribution in [0.4, 0.5) is 0 Å². The molecule has 1 N–H and O–H groups in total. The average Bonchev–Trinajstić information content (AvgIpc) is 3.02. The minimum absolute atomic E-state index is 0.0676. The molecule has 0 aliphatic rings. The number of nitrogens with one attached hydrogen (secondary N) is 1. The van der Waals surface area contributed by atoms with Crippen LogP contribution in [-0.2, 0) is 16.6 Å². The minimum atomic E-state index is -0.517. The van der Waals surface area contributed by atoms with Gasteiger partial charge in [0.1, 0.15) is 0 Å². The number of aryl methyl sites for hydroxylation is 1. The first-order valence-corrected chi connectivity index (χ1v) is 9.07. The van der Waals surface area contributed by atoms with Gasteiger partial charge in [-0.1, -0.05) is 42.5 Å². The van der Waals surface area contributed by atoms with Crippen LogP contribution in [0.1, 0.15) is 30.8 Å². The maximum Gasteiger partial charge on any atom is 0.230 e. The minimum Gasteiger partial charge on any atom is -0.355 e. The van der Waals surface area contributed by atoms with Crippen molar-refractivity contribution in [2.75, 3.05) is 6.54 Å². The zero-order valence-corrected chi connectivity index (χ0v) is 14.9. The van der Waals surface area contributed by atoms with Gasteiger partial charge in [0.2, 0.25) is 5.91 Å². The van der Waals surface area contributed by atoms with E-state index in [-0.39, 0.29) is 5.91 Å². The van der Waals surface area contributed by atoms with E-state index in [1.54, 1.807) is 11.3 Å². The Kier molecular flexibility index (Phi) is 4.95. The summed E-state index contributed by atoms with van der Waals surface area (Å²) in [6, 6.07) is 18.1. The fourth-order valence-electron chi connectivity index (χ4n) is 2.68.